The fourth-order valence-electron chi connectivity index (χ4n) is 2.18. The summed E-state index contributed by atoms with van der Waals surface area (Å²) in [4.78, 5) is 12.0. The van der Waals surface area contributed by atoms with E-state index in [-0.39, 0.29) is 11.8 Å². The van der Waals surface area contributed by atoms with Crippen LogP contribution < -0.4 is 5.32 Å². The normalized spacial score (nSPS) is 16.8. The molecule has 1 aliphatic rings. The van der Waals surface area contributed by atoms with Gasteiger partial charge in [-0.2, -0.15) is 0 Å². The molecule has 0 heterocycles. The lowest BCUT2D eigenvalue weighted by Crippen LogP contribution is -2.24. The van der Waals surface area contributed by atoms with Gasteiger partial charge in [0, 0.05) is 16.1 Å². The van der Waals surface area contributed by atoms with E-state index in [2.05, 4.69) is 21.2 Å². The number of nitrogens with one attached hydrogen (secondary N) is 1. The van der Waals surface area contributed by atoms with Gasteiger partial charge in [-0.25, -0.2) is 0 Å². The predicted octanol–water partition coefficient (Wildman–Crippen LogP) is 4.62. The molecule has 0 spiro atoms. The molecule has 1 amide bonds. The molecule has 1 N–H and O–H groups in total. The van der Waals surface area contributed by atoms with Gasteiger partial charge in [0.05, 0.1) is 5.02 Å². The summed E-state index contributed by atoms with van der Waals surface area (Å²) in [5, 5.41) is 3.55. The van der Waals surface area contributed by atoms with Gasteiger partial charge in [0.25, 0.3) is 0 Å². The molecule has 1 aromatic rings. The highest BCUT2D eigenvalue weighted by atomic mass is 79.9. The number of hydrogen-bond donors (Lipinski definition) is 1. The molecule has 1 aliphatic carbocycles. The molecule has 2 nitrogen and oxygen atoms in total. The number of carbonyl (C=O) groups is 1. The van der Waals surface area contributed by atoms with Crippen LogP contribution in [-0.2, 0) is 4.79 Å². The highest BCUT2D eigenvalue weighted by Crippen LogP contribution is 2.28. The Labute approximate surface area is 115 Å². The molecule has 4 heteroatoms. The van der Waals surface area contributed by atoms with Crippen LogP contribution in [-0.4, -0.2) is 5.91 Å². The molecule has 1 aromatic carbocycles. The van der Waals surface area contributed by atoms with E-state index in [1.54, 1.807) is 6.07 Å². The molecule has 0 aliphatic heterocycles. The molecule has 0 atom stereocenters. The van der Waals surface area contributed by atoms with Crippen LogP contribution in [0.4, 0.5) is 5.69 Å². The zero-order chi connectivity index (χ0) is 12.3. The van der Waals surface area contributed by atoms with Gasteiger partial charge in [-0.3, -0.25) is 4.79 Å². The maximum Gasteiger partial charge on any atom is 0.227 e. The molecule has 1 fully saturated rings. The van der Waals surface area contributed by atoms with Gasteiger partial charge in [0.1, 0.15) is 0 Å². The molecule has 0 unspecified atom stereocenters. The third-order valence-electron chi connectivity index (χ3n) is 3.16. The van der Waals surface area contributed by atoms with Gasteiger partial charge in [0.2, 0.25) is 5.91 Å². The van der Waals surface area contributed by atoms with Gasteiger partial charge in [-0.05, 0) is 47.0 Å². The standard InChI is InChI=1S/C13H15BrClNO/c14-11-7-6-10(8-12(11)15)16-13(17)9-4-2-1-3-5-9/h6-9H,1-5H2,(H,16,17). The molecule has 0 saturated heterocycles. The van der Waals surface area contributed by atoms with Crippen LogP contribution in [0.2, 0.25) is 5.02 Å². The Kier molecular flexibility index (Phi) is 4.46. The van der Waals surface area contributed by atoms with E-state index in [4.69, 9.17) is 11.6 Å². The highest BCUT2D eigenvalue weighted by Gasteiger charge is 2.21. The number of anilines is 1. The fraction of sp³-hybridized carbons (Fsp3) is 0.462. The smallest absolute Gasteiger partial charge is 0.227 e. The molecule has 2 rings (SSSR count). The summed E-state index contributed by atoms with van der Waals surface area (Å²) in [6.07, 6.45) is 5.61. The van der Waals surface area contributed by atoms with Crippen molar-refractivity contribution in [2.24, 2.45) is 5.92 Å². The second-order valence-corrected chi connectivity index (χ2v) is 5.71. The summed E-state index contributed by atoms with van der Waals surface area (Å²) >= 11 is 9.31. The molecule has 92 valence electrons. The van der Waals surface area contributed by atoms with Gasteiger partial charge in [0.15, 0.2) is 0 Å². The fourth-order valence-corrected chi connectivity index (χ4v) is 2.61. The van der Waals surface area contributed by atoms with Crippen molar-refractivity contribution in [3.05, 3.63) is 27.7 Å². The number of hydrogen-bond acceptors (Lipinski definition) is 1. The lowest BCUT2D eigenvalue weighted by molar-refractivity contribution is -0.120. The average molecular weight is 317 g/mol. The Morgan fingerprint density at radius 3 is 2.65 bits per heavy atom. The first kappa shape index (κ1) is 12.9. The summed E-state index contributed by atoms with van der Waals surface area (Å²) in [5.74, 6) is 0.300. The second-order valence-electron chi connectivity index (χ2n) is 4.45. The van der Waals surface area contributed by atoms with Gasteiger partial charge in [-0.15, -0.1) is 0 Å². The van der Waals surface area contributed by atoms with Crippen LogP contribution in [0.3, 0.4) is 0 Å². The molecule has 1 saturated carbocycles. The lowest BCUT2D eigenvalue weighted by Gasteiger charge is -2.20. The summed E-state index contributed by atoms with van der Waals surface area (Å²) < 4.78 is 0.842. The Balaban J connectivity index is 1.99. The Morgan fingerprint density at radius 2 is 2.00 bits per heavy atom. The summed E-state index contributed by atoms with van der Waals surface area (Å²) in [6, 6.07) is 5.47. The Bertz CT molecular complexity index is 416. The van der Waals surface area contributed by atoms with Crippen LogP contribution in [0.1, 0.15) is 32.1 Å². The van der Waals surface area contributed by atoms with Crippen molar-refractivity contribution in [1.29, 1.82) is 0 Å². The van der Waals surface area contributed by atoms with E-state index in [1.165, 1.54) is 19.3 Å². The minimum absolute atomic E-state index is 0.128. The first-order valence-corrected chi connectivity index (χ1v) is 7.10. The lowest BCUT2D eigenvalue weighted by atomic mass is 9.88. The topological polar surface area (TPSA) is 29.1 Å². The van der Waals surface area contributed by atoms with Crippen LogP contribution >= 0.6 is 27.5 Å². The molecular weight excluding hydrogens is 302 g/mol. The third-order valence-corrected chi connectivity index (χ3v) is 4.40. The van der Waals surface area contributed by atoms with Crippen LogP contribution in [0.25, 0.3) is 0 Å². The van der Waals surface area contributed by atoms with Crippen molar-refractivity contribution >= 4 is 39.1 Å². The number of halogens is 2. The molecule has 0 bridgehead atoms. The first-order valence-electron chi connectivity index (χ1n) is 5.93. The molecule has 17 heavy (non-hydrogen) atoms. The van der Waals surface area contributed by atoms with Gasteiger partial charge in [-0.1, -0.05) is 30.9 Å². The summed E-state index contributed by atoms with van der Waals surface area (Å²) in [6.45, 7) is 0. The van der Waals surface area contributed by atoms with Crippen molar-refractivity contribution in [2.75, 3.05) is 5.32 Å². The molecule has 0 radical (unpaired) electrons. The van der Waals surface area contributed by atoms with E-state index in [0.717, 1.165) is 23.0 Å². The Hall–Kier alpha value is -0.540. The monoisotopic (exact) mass is 315 g/mol. The van der Waals surface area contributed by atoms with Crippen molar-refractivity contribution in [2.45, 2.75) is 32.1 Å². The minimum Gasteiger partial charge on any atom is -0.326 e. The van der Waals surface area contributed by atoms with E-state index in [9.17, 15) is 4.79 Å². The van der Waals surface area contributed by atoms with Gasteiger partial charge >= 0.3 is 0 Å². The van der Waals surface area contributed by atoms with Crippen molar-refractivity contribution in [3.8, 4) is 0 Å². The predicted molar refractivity (Wildman–Crippen MR) is 74.4 cm³/mol. The molecular formula is C13H15BrClNO. The zero-order valence-electron chi connectivity index (χ0n) is 9.51. The Morgan fingerprint density at radius 1 is 1.29 bits per heavy atom. The average Bonchev–Trinajstić information content (AvgIpc) is 2.35. The minimum atomic E-state index is 0.128. The van der Waals surface area contributed by atoms with Crippen LogP contribution in [0, 0.1) is 5.92 Å². The van der Waals surface area contributed by atoms with Crippen molar-refractivity contribution in [3.63, 3.8) is 0 Å². The second kappa shape index (κ2) is 5.87. The molecule has 0 aromatic heterocycles. The van der Waals surface area contributed by atoms with Crippen LogP contribution in [0.15, 0.2) is 22.7 Å². The number of amides is 1. The van der Waals surface area contributed by atoms with Gasteiger partial charge < -0.3 is 5.32 Å². The number of benzene rings is 1. The number of carbonyl (C=O) groups excluding carboxylic acids is 1. The van der Waals surface area contributed by atoms with Crippen molar-refractivity contribution < 1.29 is 4.79 Å². The van der Waals surface area contributed by atoms with Crippen LogP contribution in [0.5, 0.6) is 0 Å². The van der Waals surface area contributed by atoms with E-state index in [1.807, 2.05) is 12.1 Å². The SMILES string of the molecule is O=C(Nc1ccc(Br)c(Cl)c1)C1CCCCC1. The quantitative estimate of drug-likeness (QED) is 0.847. The maximum absolute atomic E-state index is 12.0. The van der Waals surface area contributed by atoms with E-state index in [0.29, 0.717) is 5.02 Å². The van der Waals surface area contributed by atoms with E-state index < -0.39 is 0 Å². The van der Waals surface area contributed by atoms with Crippen molar-refractivity contribution in [1.82, 2.24) is 0 Å². The third kappa shape index (κ3) is 3.46. The highest BCUT2D eigenvalue weighted by molar-refractivity contribution is 9.10. The largest absolute Gasteiger partial charge is 0.326 e. The maximum atomic E-state index is 12.0. The van der Waals surface area contributed by atoms with E-state index >= 15 is 0 Å². The first-order chi connectivity index (χ1) is 8.16. The number of rotatable bonds is 2. The zero-order valence-corrected chi connectivity index (χ0v) is 11.9. The summed E-state index contributed by atoms with van der Waals surface area (Å²) in [7, 11) is 0. The summed E-state index contributed by atoms with van der Waals surface area (Å²) in [5.41, 5.74) is 0.772.